The summed E-state index contributed by atoms with van der Waals surface area (Å²) in [6.45, 7) is 1.53. The van der Waals surface area contributed by atoms with E-state index < -0.39 is 15.8 Å². The molecule has 2 saturated heterocycles. The lowest BCUT2D eigenvalue weighted by atomic mass is 10.1. The topological polar surface area (TPSA) is 94.0 Å². The molecule has 0 N–H and O–H groups in total. The monoisotopic (exact) mass is 344 g/mol. The van der Waals surface area contributed by atoms with Crippen LogP contribution in [0.5, 0.6) is 0 Å². The maximum atomic E-state index is 12.5. The zero-order valence-corrected chi connectivity index (χ0v) is 14.0. The van der Waals surface area contributed by atoms with Crippen LogP contribution in [0.4, 0.5) is 0 Å². The van der Waals surface area contributed by atoms with Gasteiger partial charge in [0.25, 0.3) is 5.91 Å². The van der Waals surface area contributed by atoms with Crippen molar-refractivity contribution in [3.05, 3.63) is 18.0 Å². The molecule has 2 aliphatic rings. The molecule has 0 aromatic carbocycles. The van der Waals surface area contributed by atoms with Gasteiger partial charge in [-0.1, -0.05) is 0 Å². The average molecular weight is 344 g/mol. The molecule has 1 aromatic heterocycles. The van der Waals surface area contributed by atoms with Crippen molar-refractivity contribution in [2.24, 2.45) is 7.05 Å². The number of ether oxygens (including phenoxy) is 2. The fraction of sp³-hybridized carbons (Fsp3) is 0.692. The van der Waals surface area contributed by atoms with E-state index in [1.165, 1.54) is 10.5 Å². The predicted molar refractivity (Wildman–Crippen MR) is 80.2 cm³/mol. The average Bonchev–Trinajstić information content (AvgIpc) is 2.92. The van der Waals surface area contributed by atoms with E-state index in [0.29, 0.717) is 25.3 Å². The van der Waals surface area contributed by atoms with E-state index in [4.69, 9.17) is 9.47 Å². The van der Waals surface area contributed by atoms with Crippen LogP contribution in [0, 0.1) is 0 Å². The third kappa shape index (κ3) is 3.39. The Bertz CT molecular complexity index is 699. The van der Waals surface area contributed by atoms with Crippen LogP contribution in [-0.4, -0.2) is 84.7 Å². The summed E-state index contributed by atoms with van der Waals surface area (Å²) in [7, 11) is -1.59. The van der Waals surface area contributed by atoms with Gasteiger partial charge < -0.3 is 14.4 Å². The summed E-state index contributed by atoms with van der Waals surface area (Å²) in [5.41, 5.74) is 0.486. The molecule has 0 saturated carbocycles. The van der Waals surface area contributed by atoms with Crippen molar-refractivity contribution in [3.63, 3.8) is 0 Å². The van der Waals surface area contributed by atoms with E-state index in [1.807, 2.05) is 0 Å². The summed E-state index contributed by atoms with van der Waals surface area (Å²) in [5, 5.41) is 4.00. The molecule has 1 aromatic rings. The van der Waals surface area contributed by atoms with Crippen LogP contribution in [0.25, 0.3) is 0 Å². The number of carbonyl (C=O) groups excluding carboxylic acids is 1. The van der Waals surface area contributed by atoms with Crippen molar-refractivity contribution in [1.82, 2.24) is 19.0 Å². The van der Waals surface area contributed by atoms with E-state index >= 15 is 0 Å². The first-order chi connectivity index (χ1) is 10.8. The molecule has 2 fully saturated rings. The number of hydrogen-bond donors (Lipinski definition) is 0. The highest BCUT2D eigenvalue weighted by Crippen LogP contribution is 2.26. The number of amides is 1. The van der Waals surface area contributed by atoms with E-state index in [0.717, 1.165) is 6.26 Å². The fourth-order valence-corrected chi connectivity index (χ4v) is 3.68. The van der Waals surface area contributed by atoms with E-state index in [-0.39, 0.29) is 25.6 Å². The van der Waals surface area contributed by atoms with Crippen molar-refractivity contribution >= 4 is 15.9 Å². The van der Waals surface area contributed by atoms with E-state index in [9.17, 15) is 13.2 Å². The van der Waals surface area contributed by atoms with Crippen molar-refractivity contribution in [1.29, 1.82) is 0 Å². The minimum Gasteiger partial charge on any atom is -0.346 e. The van der Waals surface area contributed by atoms with Gasteiger partial charge in [0.05, 0.1) is 44.3 Å². The molecule has 0 bridgehead atoms. The van der Waals surface area contributed by atoms with Gasteiger partial charge in [0.2, 0.25) is 10.0 Å². The second kappa shape index (κ2) is 5.86. The molecular formula is C13H20N4O5S. The molecule has 1 amide bonds. The maximum absolute atomic E-state index is 12.5. The van der Waals surface area contributed by atoms with Crippen LogP contribution >= 0.6 is 0 Å². The Balaban J connectivity index is 1.76. The van der Waals surface area contributed by atoms with Gasteiger partial charge in [-0.2, -0.15) is 9.40 Å². The van der Waals surface area contributed by atoms with Crippen LogP contribution in [0.2, 0.25) is 0 Å². The second-order valence-corrected chi connectivity index (χ2v) is 7.82. The van der Waals surface area contributed by atoms with Gasteiger partial charge in [0.1, 0.15) is 0 Å². The Morgan fingerprint density at radius 2 is 1.96 bits per heavy atom. The van der Waals surface area contributed by atoms with Crippen molar-refractivity contribution in [3.8, 4) is 0 Å². The number of aryl methyl sites for hydroxylation is 1. The summed E-state index contributed by atoms with van der Waals surface area (Å²) in [6, 6.07) is 0. The number of hydrogen-bond acceptors (Lipinski definition) is 6. The summed E-state index contributed by atoms with van der Waals surface area (Å²) in [5.74, 6) is -1.27. The lowest BCUT2D eigenvalue weighted by Gasteiger charge is -2.46. The van der Waals surface area contributed by atoms with Crippen molar-refractivity contribution < 1.29 is 22.7 Å². The molecule has 1 atom stereocenters. The molecule has 23 heavy (non-hydrogen) atoms. The van der Waals surface area contributed by atoms with Gasteiger partial charge in [-0.05, 0) is 0 Å². The number of rotatable bonds is 2. The predicted octanol–water partition coefficient (Wildman–Crippen LogP) is -1.12. The molecule has 1 unspecified atom stereocenters. The molecule has 0 aliphatic carbocycles. The Kier molecular flexibility index (Phi) is 4.17. The van der Waals surface area contributed by atoms with Gasteiger partial charge in [-0.3, -0.25) is 9.48 Å². The van der Waals surface area contributed by atoms with Crippen LogP contribution < -0.4 is 0 Å². The number of nitrogens with zero attached hydrogens (tertiary/aromatic N) is 4. The summed E-state index contributed by atoms with van der Waals surface area (Å²) in [6.07, 6.45) is 4.32. The van der Waals surface area contributed by atoms with E-state index in [1.54, 1.807) is 22.8 Å². The Morgan fingerprint density at radius 3 is 2.57 bits per heavy atom. The van der Waals surface area contributed by atoms with Gasteiger partial charge in [-0.25, -0.2) is 8.42 Å². The Hall–Kier alpha value is -1.49. The first-order valence-corrected chi connectivity index (χ1v) is 9.15. The van der Waals surface area contributed by atoms with Gasteiger partial charge in [-0.15, -0.1) is 0 Å². The molecular weight excluding hydrogens is 324 g/mol. The SMILES string of the molecule is Cn1cc(C(=O)N2CCOC3(C2)CN(S(C)(=O)=O)CCO3)cn1. The lowest BCUT2D eigenvalue weighted by molar-refractivity contribution is -0.279. The fourth-order valence-electron chi connectivity index (χ4n) is 2.84. The zero-order valence-electron chi connectivity index (χ0n) is 13.1. The molecule has 1 spiro atoms. The molecule has 2 aliphatic heterocycles. The van der Waals surface area contributed by atoms with E-state index in [2.05, 4.69) is 5.10 Å². The smallest absolute Gasteiger partial charge is 0.257 e. The third-order valence-corrected chi connectivity index (χ3v) is 5.24. The largest absolute Gasteiger partial charge is 0.346 e. The van der Waals surface area contributed by atoms with Gasteiger partial charge >= 0.3 is 0 Å². The first kappa shape index (κ1) is 16.4. The Labute approximate surface area is 134 Å². The maximum Gasteiger partial charge on any atom is 0.257 e. The molecule has 9 nitrogen and oxygen atoms in total. The number of aromatic nitrogens is 2. The summed E-state index contributed by atoms with van der Waals surface area (Å²) in [4.78, 5) is 14.2. The first-order valence-electron chi connectivity index (χ1n) is 7.30. The van der Waals surface area contributed by atoms with Crippen molar-refractivity contribution in [2.45, 2.75) is 5.79 Å². The number of sulfonamides is 1. The second-order valence-electron chi connectivity index (χ2n) is 5.83. The highest BCUT2D eigenvalue weighted by atomic mass is 32.2. The molecule has 128 valence electrons. The minimum absolute atomic E-state index is 0.0860. The molecule has 0 radical (unpaired) electrons. The van der Waals surface area contributed by atoms with Gasteiger partial charge in [0.15, 0.2) is 5.79 Å². The summed E-state index contributed by atoms with van der Waals surface area (Å²) < 4.78 is 37.9. The zero-order chi connectivity index (χ0) is 16.7. The molecule has 3 heterocycles. The minimum atomic E-state index is -3.33. The molecule has 3 rings (SSSR count). The number of carbonyl (C=O) groups is 1. The van der Waals surface area contributed by atoms with Gasteiger partial charge in [0, 0.05) is 26.3 Å². The van der Waals surface area contributed by atoms with Crippen LogP contribution in [0.1, 0.15) is 10.4 Å². The van der Waals surface area contributed by atoms with Crippen LogP contribution in [0.3, 0.4) is 0 Å². The highest BCUT2D eigenvalue weighted by molar-refractivity contribution is 7.88. The summed E-state index contributed by atoms with van der Waals surface area (Å²) >= 11 is 0. The van der Waals surface area contributed by atoms with Crippen molar-refractivity contribution in [2.75, 3.05) is 45.6 Å². The quantitative estimate of drug-likeness (QED) is 0.675. The Morgan fingerprint density at radius 1 is 1.26 bits per heavy atom. The molecule has 10 heteroatoms. The van der Waals surface area contributed by atoms with Crippen LogP contribution in [0.15, 0.2) is 12.4 Å². The van der Waals surface area contributed by atoms with Crippen LogP contribution in [-0.2, 0) is 26.5 Å². The standard InChI is InChI=1S/C13H20N4O5S/c1-15-8-11(7-14-15)12(18)16-3-5-21-13(9-16)10-17(4-6-22-13)23(2,19)20/h7-8H,3-6,9-10H2,1-2H3. The highest BCUT2D eigenvalue weighted by Gasteiger charge is 2.45. The number of morpholine rings is 2. The lowest BCUT2D eigenvalue weighted by Crippen LogP contribution is -2.63. The normalized spacial score (nSPS) is 26.6. The third-order valence-electron chi connectivity index (χ3n) is 3.99.